The zero-order valence-corrected chi connectivity index (χ0v) is 14.4. The third-order valence-corrected chi connectivity index (χ3v) is 5.14. The van der Waals surface area contributed by atoms with Gasteiger partial charge in [0.1, 0.15) is 5.75 Å². The van der Waals surface area contributed by atoms with Gasteiger partial charge in [-0.15, -0.1) is 0 Å². The highest BCUT2D eigenvalue weighted by Crippen LogP contribution is 2.34. The predicted molar refractivity (Wildman–Crippen MR) is 91.6 cm³/mol. The van der Waals surface area contributed by atoms with Crippen molar-refractivity contribution in [2.45, 2.75) is 46.0 Å². The highest BCUT2D eigenvalue weighted by molar-refractivity contribution is 5.76. The fraction of sp³-hybridized carbons (Fsp3) is 0.632. The number of piperidine rings is 1. The number of rotatable bonds is 7. The Morgan fingerprint density at radius 2 is 1.96 bits per heavy atom. The molecule has 4 heteroatoms. The second kappa shape index (κ2) is 8.34. The van der Waals surface area contributed by atoms with Gasteiger partial charge >= 0.3 is 0 Å². The van der Waals surface area contributed by atoms with Gasteiger partial charge in [0.15, 0.2) is 0 Å². The van der Waals surface area contributed by atoms with Crippen molar-refractivity contribution in [3.05, 3.63) is 29.8 Å². The van der Waals surface area contributed by atoms with E-state index in [1.54, 1.807) is 0 Å². The van der Waals surface area contributed by atoms with Crippen LogP contribution in [0.4, 0.5) is 0 Å². The Hall–Kier alpha value is -1.55. The molecule has 0 unspecified atom stereocenters. The molecule has 0 bridgehead atoms. The number of para-hydroxylation sites is 1. The lowest BCUT2D eigenvalue weighted by atomic mass is 9.77. The van der Waals surface area contributed by atoms with Crippen LogP contribution in [0.2, 0.25) is 0 Å². The summed E-state index contributed by atoms with van der Waals surface area (Å²) in [5.74, 6) is 1.09. The number of carbonyl (C=O) groups excluding carboxylic acids is 1. The van der Waals surface area contributed by atoms with Gasteiger partial charge in [0.25, 0.3) is 0 Å². The van der Waals surface area contributed by atoms with Crippen molar-refractivity contribution in [1.29, 1.82) is 0 Å². The Balaban J connectivity index is 1.87. The van der Waals surface area contributed by atoms with Gasteiger partial charge in [-0.05, 0) is 49.7 Å². The molecule has 128 valence electrons. The molecule has 0 radical (unpaired) electrons. The average Bonchev–Trinajstić information content (AvgIpc) is 2.61. The summed E-state index contributed by atoms with van der Waals surface area (Å²) in [5, 5.41) is 9.58. The Kier molecular flexibility index (Phi) is 6.46. The minimum Gasteiger partial charge on any atom is -0.494 e. The van der Waals surface area contributed by atoms with Crippen LogP contribution < -0.4 is 4.74 Å². The summed E-state index contributed by atoms with van der Waals surface area (Å²) in [4.78, 5) is 14.4. The second-order valence-electron chi connectivity index (χ2n) is 6.43. The van der Waals surface area contributed by atoms with E-state index in [9.17, 15) is 9.90 Å². The van der Waals surface area contributed by atoms with Crippen molar-refractivity contribution in [1.82, 2.24) is 4.90 Å². The monoisotopic (exact) mass is 319 g/mol. The molecule has 1 fully saturated rings. The van der Waals surface area contributed by atoms with Crippen molar-refractivity contribution in [3.63, 3.8) is 0 Å². The number of aliphatic hydroxyl groups is 1. The van der Waals surface area contributed by atoms with Gasteiger partial charge < -0.3 is 14.7 Å². The Bertz CT molecular complexity index is 501. The van der Waals surface area contributed by atoms with Gasteiger partial charge in [-0.2, -0.15) is 0 Å². The quantitative estimate of drug-likeness (QED) is 0.840. The lowest BCUT2D eigenvalue weighted by molar-refractivity contribution is -0.134. The van der Waals surface area contributed by atoms with Crippen LogP contribution in [-0.4, -0.2) is 42.2 Å². The molecule has 4 nitrogen and oxygen atoms in total. The molecule has 0 atom stereocenters. The van der Waals surface area contributed by atoms with E-state index in [1.165, 1.54) is 0 Å². The number of ether oxygens (including phenoxy) is 1. The lowest BCUT2D eigenvalue weighted by Crippen LogP contribution is -2.44. The molecule has 2 rings (SSSR count). The fourth-order valence-corrected chi connectivity index (χ4v) is 3.26. The van der Waals surface area contributed by atoms with E-state index in [-0.39, 0.29) is 17.9 Å². The first-order chi connectivity index (χ1) is 11.1. The number of likely N-dealkylation sites (tertiary alicyclic amines) is 1. The van der Waals surface area contributed by atoms with Crippen LogP contribution in [0.25, 0.3) is 0 Å². The Morgan fingerprint density at radius 1 is 1.26 bits per heavy atom. The maximum atomic E-state index is 12.5. The normalized spacial score (nSPS) is 17.1. The largest absolute Gasteiger partial charge is 0.494 e. The third kappa shape index (κ3) is 4.47. The molecular weight excluding hydrogens is 290 g/mol. The molecule has 1 aromatic rings. The summed E-state index contributed by atoms with van der Waals surface area (Å²) in [5.41, 5.74) is 1.12. The molecule has 1 aliphatic heterocycles. The van der Waals surface area contributed by atoms with Crippen LogP contribution >= 0.6 is 0 Å². The second-order valence-corrected chi connectivity index (χ2v) is 6.43. The van der Waals surface area contributed by atoms with Crippen molar-refractivity contribution in [2.24, 2.45) is 5.41 Å². The molecular formula is C19H29NO3. The van der Waals surface area contributed by atoms with Gasteiger partial charge in [-0.3, -0.25) is 4.79 Å². The summed E-state index contributed by atoms with van der Waals surface area (Å²) < 4.78 is 5.62. The molecule has 0 saturated carbocycles. The number of nitrogens with zero attached hydrogens (tertiary/aromatic N) is 1. The maximum Gasteiger partial charge on any atom is 0.222 e. The van der Waals surface area contributed by atoms with Gasteiger partial charge in [-0.1, -0.05) is 25.1 Å². The summed E-state index contributed by atoms with van der Waals surface area (Å²) in [6.07, 6.45) is 4.02. The summed E-state index contributed by atoms with van der Waals surface area (Å²) in [6.45, 7) is 6.49. The number of hydrogen-bond acceptors (Lipinski definition) is 3. The zero-order valence-electron chi connectivity index (χ0n) is 14.4. The molecule has 1 aliphatic rings. The summed E-state index contributed by atoms with van der Waals surface area (Å²) in [7, 11) is 0. The molecule has 1 N–H and O–H groups in total. The minimum absolute atomic E-state index is 0.0261. The Morgan fingerprint density at radius 3 is 2.57 bits per heavy atom. The third-order valence-electron chi connectivity index (χ3n) is 5.14. The van der Waals surface area contributed by atoms with E-state index in [2.05, 4.69) is 6.92 Å². The first-order valence-corrected chi connectivity index (χ1v) is 8.73. The zero-order chi connectivity index (χ0) is 16.7. The van der Waals surface area contributed by atoms with Crippen molar-refractivity contribution in [3.8, 4) is 5.75 Å². The van der Waals surface area contributed by atoms with E-state index < -0.39 is 0 Å². The Labute approximate surface area is 139 Å². The summed E-state index contributed by atoms with van der Waals surface area (Å²) >= 11 is 0. The first kappa shape index (κ1) is 17.8. The van der Waals surface area contributed by atoms with Gasteiger partial charge in [0.2, 0.25) is 5.91 Å². The molecule has 1 amide bonds. The van der Waals surface area contributed by atoms with Crippen molar-refractivity contribution in [2.75, 3.05) is 26.3 Å². The van der Waals surface area contributed by atoms with Crippen LogP contribution in [0.1, 0.15) is 45.1 Å². The fourth-order valence-electron chi connectivity index (χ4n) is 3.26. The van der Waals surface area contributed by atoms with Crippen LogP contribution in [-0.2, 0) is 11.2 Å². The van der Waals surface area contributed by atoms with Gasteiger partial charge in [0.05, 0.1) is 6.61 Å². The lowest BCUT2D eigenvalue weighted by Gasteiger charge is -2.40. The van der Waals surface area contributed by atoms with Gasteiger partial charge in [0, 0.05) is 26.1 Å². The van der Waals surface area contributed by atoms with Crippen molar-refractivity contribution < 1.29 is 14.6 Å². The SMILES string of the molecule is CCOc1ccccc1CCC(=O)N1CCC(CC)(CO)CC1. The number of amides is 1. The van der Waals surface area contributed by atoms with E-state index in [4.69, 9.17) is 4.74 Å². The number of benzene rings is 1. The topological polar surface area (TPSA) is 49.8 Å². The highest BCUT2D eigenvalue weighted by Gasteiger charge is 2.33. The maximum absolute atomic E-state index is 12.5. The first-order valence-electron chi connectivity index (χ1n) is 8.73. The smallest absolute Gasteiger partial charge is 0.222 e. The average molecular weight is 319 g/mol. The van der Waals surface area contributed by atoms with E-state index in [0.717, 1.165) is 43.7 Å². The highest BCUT2D eigenvalue weighted by atomic mass is 16.5. The molecule has 0 aliphatic carbocycles. The summed E-state index contributed by atoms with van der Waals surface area (Å²) in [6, 6.07) is 7.93. The molecule has 1 aromatic carbocycles. The van der Waals surface area contributed by atoms with Gasteiger partial charge in [-0.25, -0.2) is 0 Å². The number of hydrogen-bond donors (Lipinski definition) is 1. The number of aryl methyl sites for hydroxylation is 1. The molecule has 0 spiro atoms. The molecule has 23 heavy (non-hydrogen) atoms. The standard InChI is InChI=1S/C19H29NO3/c1-3-19(15-21)11-13-20(14-12-19)18(22)10-9-16-7-5-6-8-17(16)23-4-2/h5-8,21H,3-4,9-15H2,1-2H3. The molecule has 1 heterocycles. The van der Waals surface area contributed by atoms with Crippen LogP contribution in [0, 0.1) is 5.41 Å². The van der Waals surface area contributed by atoms with Crippen LogP contribution in [0.3, 0.4) is 0 Å². The van der Waals surface area contributed by atoms with E-state index >= 15 is 0 Å². The minimum atomic E-state index is 0.0261. The molecule has 1 saturated heterocycles. The number of aliphatic hydroxyl groups excluding tert-OH is 1. The van der Waals surface area contributed by atoms with E-state index in [1.807, 2.05) is 36.1 Å². The number of carbonyl (C=O) groups is 1. The van der Waals surface area contributed by atoms with Crippen LogP contribution in [0.15, 0.2) is 24.3 Å². The van der Waals surface area contributed by atoms with Crippen LogP contribution in [0.5, 0.6) is 5.75 Å². The van der Waals surface area contributed by atoms with Crippen molar-refractivity contribution >= 4 is 5.91 Å². The van der Waals surface area contributed by atoms with E-state index in [0.29, 0.717) is 19.4 Å². The molecule has 0 aromatic heterocycles. The predicted octanol–water partition coefficient (Wildman–Crippen LogP) is 3.03.